The molecule has 0 spiro atoms. The Labute approximate surface area is 107 Å². The van der Waals surface area contributed by atoms with Crippen molar-refractivity contribution in [1.29, 1.82) is 0 Å². The topological polar surface area (TPSA) is 124 Å². The lowest BCUT2D eigenvalue weighted by molar-refractivity contribution is -0.384. The van der Waals surface area contributed by atoms with Gasteiger partial charge in [0.05, 0.1) is 17.3 Å². The number of hydrogen-bond donors (Lipinski definition) is 2. The largest absolute Gasteiger partial charge is 0.382 e. The Morgan fingerprint density at radius 2 is 1.95 bits per heavy atom. The molecule has 1 aromatic heterocycles. The van der Waals surface area contributed by atoms with Crippen LogP contribution in [0.5, 0.6) is 0 Å². The Bertz CT molecular complexity index is 626. The molecule has 0 atom stereocenters. The van der Waals surface area contributed by atoms with E-state index in [1.54, 1.807) is 0 Å². The Hall–Kier alpha value is -3.03. The highest BCUT2D eigenvalue weighted by Gasteiger charge is 2.10. The lowest BCUT2D eigenvalue weighted by Gasteiger charge is -2.04. The minimum Gasteiger partial charge on any atom is -0.382 e. The molecule has 0 radical (unpaired) electrons. The standard InChI is InChI=1S/C11H9N5O3/c12-10-6-13-5-9(15-10)11(17)14-7-1-3-8(4-2-7)16(18)19/h1-6H,(H2,12,15)(H,14,17). The van der Waals surface area contributed by atoms with E-state index >= 15 is 0 Å². The minimum atomic E-state index is -0.519. The smallest absolute Gasteiger partial charge is 0.275 e. The minimum absolute atomic E-state index is 0.0539. The van der Waals surface area contributed by atoms with Gasteiger partial charge in [-0.05, 0) is 12.1 Å². The number of nitro benzene ring substituents is 1. The van der Waals surface area contributed by atoms with Crippen LogP contribution in [0.25, 0.3) is 0 Å². The van der Waals surface area contributed by atoms with Gasteiger partial charge in [0.15, 0.2) is 0 Å². The monoisotopic (exact) mass is 259 g/mol. The Balaban J connectivity index is 2.13. The fourth-order valence-corrected chi connectivity index (χ4v) is 1.35. The van der Waals surface area contributed by atoms with Gasteiger partial charge in [-0.1, -0.05) is 0 Å². The Morgan fingerprint density at radius 1 is 1.26 bits per heavy atom. The van der Waals surface area contributed by atoms with Crippen LogP contribution in [0.3, 0.4) is 0 Å². The summed E-state index contributed by atoms with van der Waals surface area (Å²) in [6, 6.07) is 5.44. The average Bonchev–Trinajstić information content (AvgIpc) is 2.39. The van der Waals surface area contributed by atoms with Crippen LogP contribution in [0.1, 0.15) is 10.5 Å². The number of hydrogen-bond acceptors (Lipinski definition) is 6. The maximum absolute atomic E-state index is 11.8. The van der Waals surface area contributed by atoms with Crippen LogP contribution >= 0.6 is 0 Å². The highest BCUT2D eigenvalue weighted by atomic mass is 16.6. The van der Waals surface area contributed by atoms with Gasteiger partial charge in [0.1, 0.15) is 11.5 Å². The van der Waals surface area contributed by atoms with Crippen molar-refractivity contribution < 1.29 is 9.72 Å². The van der Waals surface area contributed by atoms with E-state index in [9.17, 15) is 14.9 Å². The van der Waals surface area contributed by atoms with E-state index in [0.29, 0.717) is 5.69 Å². The van der Waals surface area contributed by atoms with Crippen molar-refractivity contribution in [3.8, 4) is 0 Å². The van der Waals surface area contributed by atoms with Gasteiger partial charge in [0, 0.05) is 17.8 Å². The molecule has 0 saturated heterocycles. The summed E-state index contributed by atoms with van der Waals surface area (Å²) in [5, 5.41) is 13.0. The van der Waals surface area contributed by atoms with Crippen molar-refractivity contribution in [3.63, 3.8) is 0 Å². The first kappa shape index (κ1) is 12.4. The van der Waals surface area contributed by atoms with Gasteiger partial charge in [-0.3, -0.25) is 19.9 Å². The Morgan fingerprint density at radius 3 is 2.53 bits per heavy atom. The summed E-state index contributed by atoms with van der Waals surface area (Å²) in [6.45, 7) is 0. The van der Waals surface area contributed by atoms with Crippen LogP contribution < -0.4 is 11.1 Å². The van der Waals surface area contributed by atoms with E-state index in [4.69, 9.17) is 5.73 Å². The molecule has 0 aliphatic carbocycles. The molecule has 0 aliphatic heterocycles. The van der Waals surface area contributed by atoms with E-state index in [0.717, 1.165) is 0 Å². The predicted octanol–water partition coefficient (Wildman–Crippen LogP) is 1.22. The fourth-order valence-electron chi connectivity index (χ4n) is 1.35. The van der Waals surface area contributed by atoms with E-state index in [1.807, 2.05) is 0 Å². The molecular formula is C11H9N5O3. The molecule has 0 aliphatic rings. The highest BCUT2D eigenvalue weighted by molar-refractivity contribution is 6.02. The van der Waals surface area contributed by atoms with Gasteiger partial charge < -0.3 is 11.1 Å². The van der Waals surface area contributed by atoms with Crippen molar-refractivity contribution in [2.75, 3.05) is 11.1 Å². The second kappa shape index (κ2) is 5.08. The maximum Gasteiger partial charge on any atom is 0.275 e. The van der Waals surface area contributed by atoms with E-state index in [2.05, 4.69) is 15.3 Å². The number of rotatable bonds is 3. The number of carbonyl (C=O) groups is 1. The summed E-state index contributed by atoms with van der Waals surface area (Å²) < 4.78 is 0. The molecule has 19 heavy (non-hydrogen) atoms. The first-order valence-corrected chi connectivity index (χ1v) is 5.19. The van der Waals surface area contributed by atoms with Crippen molar-refractivity contribution >= 4 is 23.1 Å². The zero-order valence-electron chi connectivity index (χ0n) is 9.61. The molecule has 0 fully saturated rings. The number of nitrogens with zero attached hydrogens (tertiary/aromatic N) is 3. The van der Waals surface area contributed by atoms with Crippen molar-refractivity contribution in [2.45, 2.75) is 0 Å². The Kier molecular flexibility index (Phi) is 3.33. The van der Waals surface area contributed by atoms with Gasteiger partial charge in [-0.25, -0.2) is 4.98 Å². The molecule has 96 valence electrons. The summed E-state index contributed by atoms with van der Waals surface area (Å²) in [6.07, 6.45) is 2.60. The zero-order valence-corrected chi connectivity index (χ0v) is 9.61. The summed E-state index contributed by atoms with van der Waals surface area (Å²) >= 11 is 0. The predicted molar refractivity (Wildman–Crippen MR) is 67.5 cm³/mol. The van der Waals surface area contributed by atoms with Crippen molar-refractivity contribution in [1.82, 2.24) is 9.97 Å². The number of nitrogens with one attached hydrogen (secondary N) is 1. The summed E-state index contributed by atoms with van der Waals surface area (Å²) in [5.74, 6) is -0.356. The molecule has 3 N–H and O–H groups in total. The van der Waals surface area contributed by atoms with E-state index in [1.165, 1.54) is 36.7 Å². The van der Waals surface area contributed by atoms with E-state index in [-0.39, 0.29) is 17.2 Å². The molecular weight excluding hydrogens is 250 g/mol. The fraction of sp³-hybridized carbons (Fsp3) is 0. The molecule has 0 saturated carbocycles. The molecule has 2 rings (SSSR count). The molecule has 1 aromatic carbocycles. The average molecular weight is 259 g/mol. The van der Waals surface area contributed by atoms with Crippen LogP contribution in [0, 0.1) is 10.1 Å². The number of amides is 1. The molecule has 1 amide bonds. The number of carbonyl (C=O) groups excluding carboxylic acids is 1. The van der Waals surface area contributed by atoms with Gasteiger partial charge in [-0.2, -0.15) is 0 Å². The quantitative estimate of drug-likeness (QED) is 0.630. The van der Waals surface area contributed by atoms with Crippen LogP contribution in [0.4, 0.5) is 17.2 Å². The molecule has 8 heteroatoms. The number of nitro groups is 1. The normalized spacial score (nSPS) is 9.89. The summed E-state index contributed by atoms with van der Waals surface area (Å²) in [5.41, 5.74) is 5.84. The maximum atomic E-state index is 11.8. The van der Waals surface area contributed by atoms with Gasteiger partial charge in [0.25, 0.3) is 11.6 Å². The van der Waals surface area contributed by atoms with Crippen molar-refractivity contribution in [3.05, 3.63) is 52.5 Å². The molecule has 0 unspecified atom stereocenters. The van der Waals surface area contributed by atoms with Crippen LogP contribution in [-0.4, -0.2) is 20.8 Å². The third-order valence-corrected chi connectivity index (χ3v) is 2.22. The second-order valence-electron chi connectivity index (χ2n) is 3.59. The number of benzene rings is 1. The number of non-ortho nitro benzene ring substituents is 1. The number of aromatic nitrogens is 2. The zero-order chi connectivity index (χ0) is 13.8. The van der Waals surface area contributed by atoms with Crippen LogP contribution in [-0.2, 0) is 0 Å². The molecule has 8 nitrogen and oxygen atoms in total. The van der Waals surface area contributed by atoms with E-state index < -0.39 is 10.8 Å². The summed E-state index contributed by atoms with van der Waals surface area (Å²) in [4.78, 5) is 29.3. The first-order valence-electron chi connectivity index (χ1n) is 5.19. The molecule has 1 heterocycles. The first-order chi connectivity index (χ1) is 9.06. The van der Waals surface area contributed by atoms with Crippen LogP contribution in [0.2, 0.25) is 0 Å². The third-order valence-electron chi connectivity index (χ3n) is 2.22. The van der Waals surface area contributed by atoms with Crippen molar-refractivity contribution in [2.24, 2.45) is 0 Å². The number of nitrogen functional groups attached to an aromatic ring is 1. The van der Waals surface area contributed by atoms with Gasteiger partial charge in [-0.15, -0.1) is 0 Å². The number of anilines is 2. The molecule has 2 aromatic rings. The summed E-state index contributed by atoms with van der Waals surface area (Å²) in [7, 11) is 0. The number of nitrogens with two attached hydrogens (primary N) is 1. The highest BCUT2D eigenvalue weighted by Crippen LogP contribution is 2.15. The lowest BCUT2D eigenvalue weighted by atomic mass is 10.3. The van der Waals surface area contributed by atoms with Gasteiger partial charge in [0.2, 0.25) is 0 Å². The van der Waals surface area contributed by atoms with Gasteiger partial charge >= 0.3 is 0 Å². The second-order valence-corrected chi connectivity index (χ2v) is 3.59. The SMILES string of the molecule is Nc1cncc(C(=O)Nc2ccc([N+](=O)[O-])cc2)n1. The third kappa shape index (κ3) is 3.00. The van der Waals surface area contributed by atoms with Crippen LogP contribution in [0.15, 0.2) is 36.7 Å². The lowest BCUT2D eigenvalue weighted by Crippen LogP contribution is -2.14. The molecule has 0 bridgehead atoms.